The van der Waals surface area contributed by atoms with E-state index >= 15 is 0 Å². The van der Waals surface area contributed by atoms with Crippen LogP contribution in [0.15, 0.2) is 18.3 Å². The summed E-state index contributed by atoms with van der Waals surface area (Å²) in [5, 5.41) is 7.58. The number of esters is 1. The molecule has 0 radical (unpaired) electrons. The molecule has 1 aliphatic heterocycles. The highest BCUT2D eigenvalue weighted by atomic mass is 19.1. The summed E-state index contributed by atoms with van der Waals surface area (Å²) in [6, 6.07) is 1.28. The van der Waals surface area contributed by atoms with Crippen LogP contribution in [0.2, 0.25) is 0 Å². The molecule has 2 aromatic rings. The molecule has 0 saturated carbocycles. The fourth-order valence-corrected chi connectivity index (χ4v) is 2.82. The largest absolute Gasteiger partial charge is 0.458 e. The van der Waals surface area contributed by atoms with Gasteiger partial charge < -0.3 is 14.8 Å². The van der Waals surface area contributed by atoms with Gasteiger partial charge in [0.15, 0.2) is 5.82 Å². The van der Waals surface area contributed by atoms with Crippen molar-refractivity contribution in [3.63, 3.8) is 0 Å². The number of rotatable bonds is 4. The van der Waals surface area contributed by atoms with Crippen molar-refractivity contribution in [3.8, 4) is 0 Å². The number of nitrogens with zero attached hydrogens (tertiary/aromatic N) is 3. The number of carbonyl (C=O) groups is 1. The third kappa shape index (κ3) is 3.63. The fraction of sp³-hybridized carbons (Fsp3) is 0.471. The Hall–Kier alpha value is -2.48. The Bertz CT molecular complexity index is 818. The molecule has 0 unspecified atom stereocenters. The number of hydrogen-bond donors (Lipinski definition) is 1. The van der Waals surface area contributed by atoms with E-state index in [1.165, 1.54) is 23.7 Å². The molecule has 1 N–H and O–H groups in total. The van der Waals surface area contributed by atoms with Gasteiger partial charge in [-0.25, -0.2) is 13.9 Å². The summed E-state index contributed by atoms with van der Waals surface area (Å²) in [6.07, 6.45) is 3.58. The Labute approximate surface area is 144 Å². The first-order valence-corrected chi connectivity index (χ1v) is 8.18. The molecule has 0 aromatic carbocycles. The van der Waals surface area contributed by atoms with Gasteiger partial charge in [0.05, 0.1) is 24.5 Å². The highest BCUT2D eigenvalue weighted by Crippen LogP contribution is 2.22. The van der Waals surface area contributed by atoms with Crippen molar-refractivity contribution < 1.29 is 18.7 Å². The minimum Gasteiger partial charge on any atom is -0.458 e. The van der Waals surface area contributed by atoms with Gasteiger partial charge in [-0.2, -0.15) is 0 Å². The van der Waals surface area contributed by atoms with E-state index in [0.29, 0.717) is 36.8 Å². The zero-order chi connectivity index (χ0) is 18.0. The molecule has 0 amide bonds. The number of halogens is 1. The average molecular weight is 348 g/mol. The molecule has 3 heterocycles. The topological polar surface area (TPSA) is 77.8 Å². The minimum absolute atomic E-state index is 0.165. The summed E-state index contributed by atoms with van der Waals surface area (Å²) in [5.41, 5.74) is 1.89. The second kappa shape index (κ2) is 7.18. The maximum atomic E-state index is 14.1. The number of fused-ring (bicyclic) bond motifs is 1. The first-order valence-electron chi connectivity index (χ1n) is 8.18. The molecule has 3 rings (SSSR count). The van der Waals surface area contributed by atoms with E-state index in [9.17, 15) is 9.18 Å². The molecule has 2 atom stereocenters. The van der Waals surface area contributed by atoms with Crippen molar-refractivity contribution in [2.24, 2.45) is 0 Å². The number of ether oxygens (including phenoxy) is 2. The van der Waals surface area contributed by atoms with Crippen LogP contribution in [0.1, 0.15) is 32.9 Å². The summed E-state index contributed by atoms with van der Waals surface area (Å²) in [7, 11) is 0. The van der Waals surface area contributed by atoms with Crippen molar-refractivity contribution >= 4 is 23.0 Å². The van der Waals surface area contributed by atoms with Crippen LogP contribution >= 0.6 is 0 Å². The summed E-state index contributed by atoms with van der Waals surface area (Å²) in [6.45, 7) is 6.02. The van der Waals surface area contributed by atoms with Crippen molar-refractivity contribution in [2.75, 3.05) is 18.5 Å². The third-order valence-corrected chi connectivity index (χ3v) is 4.24. The first kappa shape index (κ1) is 17.3. The Kier molecular flexibility index (Phi) is 4.98. The van der Waals surface area contributed by atoms with E-state index in [1.807, 2.05) is 19.9 Å². The number of aromatic nitrogens is 3. The third-order valence-electron chi connectivity index (χ3n) is 4.24. The molecule has 8 heteroatoms. The molecule has 1 fully saturated rings. The summed E-state index contributed by atoms with van der Waals surface area (Å²) in [4.78, 5) is 15.4. The van der Waals surface area contributed by atoms with E-state index in [0.717, 1.165) is 5.57 Å². The lowest BCUT2D eigenvalue weighted by Gasteiger charge is -2.31. The lowest BCUT2D eigenvalue weighted by atomic mass is 10.1. The highest BCUT2D eigenvalue weighted by molar-refractivity contribution is 5.67. The standard InChI is InChI=1S/C17H21FN4O3/c1-4-10(2)14-7-12(18)15-8-19-17(21-22(14)15)20-13-5-6-24-9-16(13)25-11(3)23/h4,7-8,13,16H,5-6,9H2,1-3H3,(H,20,21)/b10-4+/t13-,16-/m1/s1. The normalized spacial score (nSPS) is 21.4. The van der Waals surface area contributed by atoms with Gasteiger partial charge >= 0.3 is 5.97 Å². The van der Waals surface area contributed by atoms with Crippen LogP contribution in [0.25, 0.3) is 11.1 Å². The molecule has 0 spiro atoms. The van der Waals surface area contributed by atoms with Crippen LogP contribution in [0, 0.1) is 5.82 Å². The van der Waals surface area contributed by atoms with Crippen molar-refractivity contribution in [1.82, 2.24) is 14.6 Å². The van der Waals surface area contributed by atoms with Gasteiger partial charge in [-0.3, -0.25) is 4.79 Å². The van der Waals surface area contributed by atoms with Crippen LogP contribution in [0.4, 0.5) is 10.3 Å². The van der Waals surface area contributed by atoms with Crippen LogP contribution in [0.3, 0.4) is 0 Å². The molecule has 134 valence electrons. The maximum Gasteiger partial charge on any atom is 0.303 e. The van der Waals surface area contributed by atoms with Crippen LogP contribution in [-0.2, 0) is 14.3 Å². The van der Waals surface area contributed by atoms with E-state index < -0.39 is 6.10 Å². The molecule has 2 aromatic heterocycles. The van der Waals surface area contributed by atoms with Crippen molar-refractivity contribution in [2.45, 2.75) is 39.3 Å². The molecule has 0 bridgehead atoms. The van der Waals surface area contributed by atoms with Crippen LogP contribution < -0.4 is 5.32 Å². The molecule has 1 saturated heterocycles. The summed E-state index contributed by atoms with van der Waals surface area (Å²) < 4.78 is 26.3. The Morgan fingerprint density at radius 3 is 3.04 bits per heavy atom. The SMILES string of the molecule is C/C=C(\C)c1cc(F)c2cnc(N[C@@H]3CCOC[C@H]3OC(C)=O)nn12. The zero-order valence-corrected chi connectivity index (χ0v) is 14.5. The second-order valence-electron chi connectivity index (χ2n) is 5.99. The Morgan fingerprint density at radius 1 is 1.52 bits per heavy atom. The predicted molar refractivity (Wildman–Crippen MR) is 90.7 cm³/mol. The lowest BCUT2D eigenvalue weighted by Crippen LogP contribution is -2.44. The molecular weight excluding hydrogens is 327 g/mol. The molecule has 1 aliphatic rings. The van der Waals surface area contributed by atoms with Gasteiger partial charge in [0.25, 0.3) is 0 Å². The van der Waals surface area contributed by atoms with Gasteiger partial charge in [-0.15, -0.1) is 5.10 Å². The van der Waals surface area contributed by atoms with Gasteiger partial charge in [-0.1, -0.05) is 6.08 Å². The first-order chi connectivity index (χ1) is 12.0. The van der Waals surface area contributed by atoms with Crippen molar-refractivity contribution in [1.29, 1.82) is 0 Å². The van der Waals surface area contributed by atoms with E-state index in [4.69, 9.17) is 9.47 Å². The van der Waals surface area contributed by atoms with E-state index in [-0.39, 0.29) is 17.8 Å². The minimum atomic E-state index is -0.413. The van der Waals surface area contributed by atoms with Gasteiger partial charge in [-0.05, 0) is 25.8 Å². The molecule has 0 aliphatic carbocycles. The van der Waals surface area contributed by atoms with Crippen LogP contribution in [0.5, 0.6) is 0 Å². The number of hydrogen-bond acceptors (Lipinski definition) is 6. The predicted octanol–water partition coefficient (Wildman–Crippen LogP) is 2.42. The summed E-state index contributed by atoms with van der Waals surface area (Å²) in [5.74, 6) is -0.388. The quantitative estimate of drug-likeness (QED) is 0.855. The lowest BCUT2D eigenvalue weighted by molar-refractivity contribution is -0.153. The second-order valence-corrected chi connectivity index (χ2v) is 5.99. The van der Waals surface area contributed by atoms with Gasteiger partial charge in [0, 0.05) is 19.6 Å². The zero-order valence-electron chi connectivity index (χ0n) is 14.5. The molecule has 25 heavy (non-hydrogen) atoms. The number of nitrogens with one attached hydrogen (secondary N) is 1. The van der Waals surface area contributed by atoms with Crippen LogP contribution in [-0.4, -0.2) is 45.9 Å². The Morgan fingerprint density at radius 2 is 2.32 bits per heavy atom. The average Bonchev–Trinajstić information content (AvgIpc) is 2.92. The molecule has 7 nitrogen and oxygen atoms in total. The number of carbonyl (C=O) groups excluding carboxylic acids is 1. The Balaban J connectivity index is 1.89. The highest BCUT2D eigenvalue weighted by Gasteiger charge is 2.29. The van der Waals surface area contributed by atoms with Gasteiger partial charge in [0.1, 0.15) is 11.6 Å². The number of allylic oxidation sites excluding steroid dienone is 2. The van der Waals surface area contributed by atoms with Crippen molar-refractivity contribution in [3.05, 3.63) is 29.9 Å². The fourth-order valence-electron chi connectivity index (χ4n) is 2.82. The smallest absolute Gasteiger partial charge is 0.303 e. The van der Waals surface area contributed by atoms with Gasteiger partial charge in [0.2, 0.25) is 5.95 Å². The van der Waals surface area contributed by atoms with E-state index in [2.05, 4.69) is 15.4 Å². The maximum absolute atomic E-state index is 14.1. The molecular formula is C17H21FN4O3. The monoisotopic (exact) mass is 348 g/mol. The summed E-state index contributed by atoms with van der Waals surface area (Å²) >= 11 is 0. The van der Waals surface area contributed by atoms with E-state index in [1.54, 1.807) is 0 Å². The number of anilines is 1.